The van der Waals surface area contributed by atoms with Crippen LogP contribution in [0.5, 0.6) is 0 Å². The van der Waals surface area contributed by atoms with Crippen LogP contribution in [0.3, 0.4) is 0 Å². The van der Waals surface area contributed by atoms with E-state index in [9.17, 15) is 10.1 Å². The van der Waals surface area contributed by atoms with Crippen molar-refractivity contribution in [3.05, 3.63) is 34.4 Å². The maximum Gasteiger partial charge on any atom is 0.292 e. The first-order valence-corrected chi connectivity index (χ1v) is 7.48. The molecule has 0 radical (unpaired) electrons. The van der Waals surface area contributed by atoms with E-state index in [0.717, 1.165) is 6.54 Å². The van der Waals surface area contributed by atoms with Crippen molar-refractivity contribution in [1.29, 1.82) is 0 Å². The molecule has 1 aromatic rings. The van der Waals surface area contributed by atoms with Crippen LogP contribution in [-0.4, -0.2) is 24.1 Å². The predicted molar refractivity (Wildman–Crippen MR) is 81.1 cm³/mol. The molecule has 1 aromatic carbocycles. The van der Waals surface area contributed by atoms with Crippen LogP contribution < -0.4 is 10.6 Å². The topological polar surface area (TPSA) is 67.2 Å². The molecule has 2 rings (SSSR count). The predicted octanol–water partition coefficient (Wildman–Crippen LogP) is 3.32. The van der Waals surface area contributed by atoms with Crippen LogP contribution in [0, 0.1) is 10.1 Å². The lowest BCUT2D eigenvalue weighted by molar-refractivity contribution is -0.384. The van der Waals surface area contributed by atoms with Crippen LogP contribution in [0.1, 0.15) is 38.5 Å². The lowest BCUT2D eigenvalue weighted by atomic mass is 10.1. The Balaban J connectivity index is 1.74. The van der Waals surface area contributed by atoms with Gasteiger partial charge in [0.2, 0.25) is 0 Å². The minimum atomic E-state index is -0.346. The van der Waals surface area contributed by atoms with Gasteiger partial charge in [-0.05, 0) is 18.9 Å². The maximum absolute atomic E-state index is 10.9. The van der Waals surface area contributed by atoms with E-state index in [-0.39, 0.29) is 10.6 Å². The largest absolute Gasteiger partial charge is 0.378 e. The van der Waals surface area contributed by atoms with Gasteiger partial charge in [0.15, 0.2) is 0 Å². The zero-order valence-corrected chi connectivity index (χ0v) is 11.8. The first-order valence-electron chi connectivity index (χ1n) is 7.48. The Morgan fingerprint density at radius 2 is 1.80 bits per heavy atom. The van der Waals surface area contributed by atoms with Crippen molar-refractivity contribution in [3.63, 3.8) is 0 Å². The minimum Gasteiger partial charge on any atom is -0.378 e. The molecule has 0 aromatic heterocycles. The summed E-state index contributed by atoms with van der Waals surface area (Å²) < 4.78 is 0. The Labute approximate surface area is 119 Å². The lowest BCUT2D eigenvalue weighted by Crippen LogP contribution is -2.32. The van der Waals surface area contributed by atoms with Gasteiger partial charge in [0.05, 0.1) is 4.92 Å². The van der Waals surface area contributed by atoms with Crippen molar-refractivity contribution < 1.29 is 4.92 Å². The zero-order chi connectivity index (χ0) is 14.2. The third kappa shape index (κ3) is 4.49. The molecule has 1 aliphatic carbocycles. The molecule has 0 aliphatic heterocycles. The van der Waals surface area contributed by atoms with Crippen molar-refractivity contribution >= 4 is 11.4 Å². The molecule has 0 bridgehead atoms. The lowest BCUT2D eigenvalue weighted by Gasteiger charge is -2.16. The van der Waals surface area contributed by atoms with Crippen molar-refractivity contribution in [3.8, 4) is 0 Å². The highest BCUT2D eigenvalue weighted by Gasteiger charge is 2.13. The molecular weight excluding hydrogens is 254 g/mol. The summed E-state index contributed by atoms with van der Waals surface area (Å²) in [6.07, 6.45) is 7.85. The molecule has 20 heavy (non-hydrogen) atoms. The smallest absolute Gasteiger partial charge is 0.292 e. The van der Waals surface area contributed by atoms with Gasteiger partial charge in [0.1, 0.15) is 5.69 Å². The van der Waals surface area contributed by atoms with E-state index in [1.165, 1.54) is 44.6 Å². The van der Waals surface area contributed by atoms with Gasteiger partial charge in [-0.25, -0.2) is 0 Å². The average molecular weight is 277 g/mol. The van der Waals surface area contributed by atoms with Gasteiger partial charge in [0.25, 0.3) is 5.69 Å². The van der Waals surface area contributed by atoms with E-state index in [4.69, 9.17) is 0 Å². The number of nitrogens with one attached hydrogen (secondary N) is 2. The fourth-order valence-corrected chi connectivity index (χ4v) is 2.74. The Kier molecular flexibility index (Phi) is 5.80. The molecule has 1 aliphatic rings. The van der Waals surface area contributed by atoms with E-state index in [2.05, 4.69) is 10.6 Å². The van der Waals surface area contributed by atoms with Crippen LogP contribution >= 0.6 is 0 Å². The number of hydrogen-bond donors (Lipinski definition) is 2. The van der Waals surface area contributed by atoms with E-state index in [1.807, 2.05) is 6.07 Å². The highest BCUT2D eigenvalue weighted by atomic mass is 16.6. The first kappa shape index (κ1) is 14.8. The molecule has 0 heterocycles. The Morgan fingerprint density at radius 3 is 2.50 bits per heavy atom. The SMILES string of the molecule is O=[N+]([O-])c1ccccc1NCCNC1CCCCCC1. The van der Waals surface area contributed by atoms with Gasteiger partial charge in [-0.3, -0.25) is 10.1 Å². The van der Waals surface area contributed by atoms with Crippen LogP contribution in [0.2, 0.25) is 0 Å². The number of rotatable bonds is 6. The van der Waals surface area contributed by atoms with Crippen LogP contribution in [0.4, 0.5) is 11.4 Å². The van der Waals surface area contributed by atoms with Crippen LogP contribution in [0.15, 0.2) is 24.3 Å². The normalized spacial score (nSPS) is 16.6. The van der Waals surface area contributed by atoms with Gasteiger partial charge >= 0.3 is 0 Å². The molecule has 0 saturated heterocycles. The quantitative estimate of drug-likeness (QED) is 0.362. The van der Waals surface area contributed by atoms with Gasteiger partial charge in [-0.1, -0.05) is 37.8 Å². The second-order valence-corrected chi connectivity index (χ2v) is 5.34. The summed E-state index contributed by atoms with van der Waals surface area (Å²) in [5, 5.41) is 17.6. The van der Waals surface area contributed by atoms with E-state index in [1.54, 1.807) is 12.1 Å². The Hall–Kier alpha value is -1.62. The van der Waals surface area contributed by atoms with Crippen molar-refractivity contribution in [1.82, 2.24) is 5.32 Å². The van der Waals surface area contributed by atoms with E-state index < -0.39 is 0 Å². The maximum atomic E-state index is 10.9. The second-order valence-electron chi connectivity index (χ2n) is 5.34. The van der Waals surface area contributed by atoms with Crippen molar-refractivity contribution in [2.45, 2.75) is 44.6 Å². The molecule has 5 heteroatoms. The Morgan fingerprint density at radius 1 is 1.10 bits per heavy atom. The zero-order valence-electron chi connectivity index (χ0n) is 11.8. The molecule has 1 fully saturated rings. The number of nitro groups is 1. The highest BCUT2D eigenvalue weighted by Crippen LogP contribution is 2.22. The molecule has 0 amide bonds. The van der Waals surface area contributed by atoms with Gasteiger partial charge in [0, 0.05) is 25.2 Å². The summed E-state index contributed by atoms with van der Waals surface area (Å²) in [5.74, 6) is 0. The monoisotopic (exact) mass is 277 g/mol. The Bertz CT molecular complexity index is 429. The van der Waals surface area contributed by atoms with E-state index >= 15 is 0 Å². The van der Waals surface area contributed by atoms with Gasteiger partial charge < -0.3 is 10.6 Å². The summed E-state index contributed by atoms with van der Waals surface area (Å²) in [5.41, 5.74) is 0.738. The van der Waals surface area contributed by atoms with E-state index in [0.29, 0.717) is 18.3 Å². The molecule has 2 N–H and O–H groups in total. The molecular formula is C15H23N3O2. The summed E-state index contributed by atoms with van der Waals surface area (Å²) >= 11 is 0. The molecule has 1 saturated carbocycles. The van der Waals surface area contributed by atoms with Gasteiger partial charge in [-0.2, -0.15) is 0 Å². The van der Waals surface area contributed by atoms with Crippen LogP contribution in [-0.2, 0) is 0 Å². The summed E-state index contributed by atoms with van der Waals surface area (Å²) in [4.78, 5) is 10.5. The van der Waals surface area contributed by atoms with Crippen molar-refractivity contribution in [2.24, 2.45) is 0 Å². The van der Waals surface area contributed by atoms with Gasteiger partial charge in [-0.15, -0.1) is 0 Å². The molecule has 0 unspecified atom stereocenters. The number of nitrogens with zero attached hydrogens (tertiary/aromatic N) is 1. The fourth-order valence-electron chi connectivity index (χ4n) is 2.74. The summed E-state index contributed by atoms with van der Waals surface area (Å²) in [7, 11) is 0. The number of benzene rings is 1. The fraction of sp³-hybridized carbons (Fsp3) is 0.600. The van der Waals surface area contributed by atoms with Crippen LogP contribution in [0.25, 0.3) is 0 Å². The third-order valence-electron chi connectivity index (χ3n) is 3.83. The molecule has 5 nitrogen and oxygen atoms in total. The average Bonchev–Trinajstić information content (AvgIpc) is 2.72. The molecule has 0 spiro atoms. The first-order chi connectivity index (χ1) is 9.77. The number of hydrogen-bond acceptors (Lipinski definition) is 4. The number of nitro benzene ring substituents is 1. The third-order valence-corrected chi connectivity index (χ3v) is 3.83. The number of para-hydroxylation sites is 2. The number of anilines is 1. The summed E-state index contributed by atoms with van der Waals surface area (Å²) in [6, 6.07) is 7.40. The minimum absolute atomic E-state index is 0.141. The van der Waals surface area contributed by atoms with Crippen molar-refractivity contribution in [2.75, 3.05) is 18.4 Å². The standard InChI is InChI=1S/C15H23N3O2/c19-18(20)15-10-6-5-9-14(15)17-12-11-16-13-7-3-1-2-4-8-13/h5-6,9-10,13,16-17H,1-4,7-8,11-12H2. The highest BCUT2D eigenvalue weighted by molar-refractivity contribution is 5.60. The second kappa shape index (κ2) is 7.85. The molecule has 0 atom stereocenters. The summed E-state index contributed by atoms with van der Waals surface area (Å²) in [6.45, 7) is 1.55. The molecule has 110 valence electrons.